The third-order valence-corrected chi connectivity index (χ3v) is 3.71. The van der Waals surface area contributed by atoms with E-state index in [1.807, 2.05) is 6.92 Å². The van der Waals surface area contributed by atoms with Crippen LogP contribution < -0.4 is 11.1 Å². The van der Waals surface area contributed by atoms with Crippen molar-refractivity contribution in [3.63, 3.8) is 0 Å². The largest absolute Gasteiger partial charge is 0.368 e. The standard InChI is InChI=1S/C12H16N4S/c1-7-6-14-12(13)16-11(7)15-9(3)10-5-4-8(2)17-10/h4-6,9H,1-3H3,(H3,13,14,15,16). The van der Waals surface area contributed by atoms with Gasteiger partial charge in [-0.1, -0.05) is 0 Å². The molecule has 0 bridgehead atoms. The van der Waals surface area contributed by atoms with Gasteiger partial charge >= 0.3 is 0 Å². The Hall–Kier alpha value is -1.62. The fraction of sp³-hybridized carbons (Fsp3) is 0.333. The van der Waals surface area contributed by atoms with Crippen molar-refractivity contribution in [1.82, 2.24) is 9.97 Å². The van der Waals surface area contributed by atoms with Gasteiger partial charge in [-0.15, -0.1) is 11.3 Å². The van der Waals surface area contributed by atoms with E-state index < -0.39 is 0 Å². The molecule has 2 aromatic heterocycles. The van der Waals surface area contributed by atoms with E-state index in [-0.39, 0.29) is 6.04 Å². The second-order valence-corrected chi connectivity index (χ2v) is 5.39. The Morgan fingerprint density at radius 2 is 2.12 bits per heavy atom. The first-order valence-electron chi connectivity index (χ1n) is 5.48. The molecule has 1 unspecified atom stereocenters. The summed E-state index contributed by atoms with van der Waals surface area (Å²) in [7, 11) is 0. The number of rotatable bonds is 3. The Balaban J connectivity index is 2.18. The molecule has 0 amide bonds. The van der Waals surface area contributed by atoms with E-state index in [9.17, 15) is 0 Å². The normalized spacial score (nSPS) is 12.4. The lowest BCUT2D eigenvalue weighted by Gasteiger charge is -2.14. The molecule has 0 aliphatic heterocycles. The zero-order valence-electron chi connectivity index (χ0n) is 10.2. The molecular weight excluding hydrogens is 232 g/mol. The fourth-order valence-corrected chi connectivity index (χ4v) is 2.44. The van der Waals surface area contributed by atoms with Crippen LogP contribution in [0.15, 0.2) is 18.3 Å². The highest BCUT2D eigenvalue weighted by molar-refractivity contribution is 7.12. The Kier molecular flexibility index (Phi) is 3.28. The summed E-state index contributed by atoms with van der Waals surface area (Å²) in [5.74, 6) is 1.10. The van der Waals surface area contributed by atoms with Crippen LogP contribution in [-0.2, 0) is 0 Å². The van der Waals surface area contributed by atoms with E-state index in [0.29, 0.717) is 5.95 Å². The predicted octanol–water partition coefficient (Wildman–Crippen LogP) is 2.91. The summed E-state index contributed by atoms with van der Waals surface area (Å²) in [5, 5.41) is 3.36. The molecule has 5 heteroatoms. The first-order valence-corrected chi connectivity index (χ1v) is 6.30. The monoisotopic (exact) mass is 248 g/mol. The van der Waals surface area contributed by atoms with E-state index >= 15 is 0 Å². The van der Waals surface area contributed by atoms with E-state index in [1.54, 1.807) is 17.5 Å². The van der Waals surface area contributed by atoms with E-state index in [4.69, 9.17) is 5.73 Å². The first kappa shape index (κ1) is 11.9. The van der Waals surface area contributed by atoms with Crippen LogP contribution in [0, 0.1) is 13.8 Å². The van der Waals surface area contributed by atoms with Crippen molar-refractivity contribution in [1.29, 1.82) is 0 Å². The van der Waals surface area contributed by atoms with Gasteiger partial charge in [0.2, 0.25) is 5.95 Å². The van der Waals surface area contributed by atoms with Crippen LogP contribution in [0.4, 0.5) is 11.8 Å². The lowest BCUT2D eigenvalue weighted by atomic mass is 10.2. The van der Waals surface area contributed by atoms with Crippen LogP contribution in [0.2, 0.25) is 0 Å². The molecule has 0 aliphatic carbocycles. The Bertz CT molecular complexity index is 521. The summed E-state index contributed by atoms with van der Waals surface area (Å²) in [6, 6.07) is 4.48. The van der Waals surface area contributed by atoms with Crippen LogP contribution in [0.25, 0.3) is 0 Å². The molecule has 0 radical (unpaired) electrons. The Morgan fingerprint density at radius 1 is 1.35 bits per heavy atom. The second kappa shape index (κ2) is 4.71. The first-order chi connectivity index (χ1) is 8.06. The molecule has 2 aromatic rings. The molecule has 0 aromatic carbocycles. The van der Waals surface area contributed by atoms with Gasteiger partial charge in [0.25, 0.3) is 0 Å². The van der Waals surface area contributed by atoms with Crippen molar-refractivity contribution >= 4 is 23.1 Å². The zero-order valence-corrected chi connectivity index (χ0v) is 11.0. The van der Waals surface area contributed by atoms with Crippen molar-refractivity contribution in [2.45, 2.75) is 26.8 Å². The highest BCUT2D eigenvalue weighted by Gasteiger charge is 2.10. The SMILES string of the molecule is Cc1ccc(C(C)Nc2nc(N)ncc2C)s1. The number of aromatic nitrogens is 2. The van der Waals surface area contributed by atoms with Crippen molar-refractivity contribution < 1.29 is 0 Å². The fourth-order valence-electron chi connectivity index (χ4n) is 1.56. The van der Waals surface area contributed by atoms with E-state index in [1.165, 1.54) is 9.75 Å². The summed E-state index contributed by atoms with van der Waals surface area (Å²) >= 11 is 1.79. The minimum atomic E-state index is 0.224. The van der Waals surface area contributed by atoms with Crippen molar-refractivity contribution in [2.24, 2.45) is 0 Å². The average molecular weight is 248 g/mol. The Labute approximate surface area is 105 Å². The summed E-state index contributed by atoms with van der Waals surface area (Å²) in [6.07, 6.45) is 1.73. The molecule has 17 heavy (non-hydrogen) atoms. The summed E-state index contributed by atoms with van der Waals surface area (Å²) in [4.78, 5) is 10.8. The second-order valence-electron chi connectivity index (χ2n) is 4.07. The number of hydrogen-bond donors (Lipinski definition) is 2. The molecule has 1 atom stereocenters. The van der Waals surface area contributed by atoms with Crippen LogP contribution >= 0.6 is 11.3 Å². The Morgan fingerprint density at radius 3 is 2.76 bits per heavy atom. The third-order valence-electron chi connectivity index (χ3n) is 2.53. The van der Waals surface area contributed by atoms with Gasteiger partial charge in [-0.25, -0.2) is 4.98 Å². The number of nitrogen functional groups attached to an aromatic ring is 1. The maximum absolute atomic E-state index is 5.59. The van der Waals surface area contributed by atoms with Crippen LogP contribution in [0.3, 0.4) is 0 Å². The molecule has 0 aliphatic rings. The molecule has 0 spiro atoms. The molecule has 4 nitrogen and oxygen atoms in total. The van der Waals surface area contributed by atoms with Crippen molar-refractivity contribution in [2.75, 3.05) is 11.1 Å². The number of nitrogens with zero attached hydrogens (tertiary/aromatic N) is 2. The maximum Gasteiger partial charge on any atom is 0.221 e. The number of anilines is 2. The van der Waals surface area contributed by atoms with Gasteiger partial charge in [-0.05, 0) is 32.9 Å². The molecule has 0 saturated carbocycles. The van der Waals surface area contributed by atoms with Crippen LogP contribution in [0.1, 0.15) is 28.3 Å². The molecule has 0 saturated heterocycles. The van der Waals surface area contributed by atoms with E-state index in [0.717, 1.165) is 11.4 Å². The number of hydrogen-bond acceptors (Lipinski definition) is 5. The van der Waals surface area contributed by atoms with Gasteiger partial charge < -0.3 is 11.1 Å². The molecule has 90 valence electrons. The van der Waals surface area contributed by atoms with Crippen LogP contribution in [-0.4, -0.2) is 9.97 Å². The average Bonchev–Trinajstić information content (AvgIpc) is 2.70. The highest BCUT2D eigenvalue weighted by Crippen LogP contribution is 2.26. The smallest absolute Gasteiger partial charge is 0.221 e. The summed E-state index contributed by atoms with van der Waals surface area (Å²) in [5.41, 5.74) is 6.59. The maximum atomic E-state index is 5.59. The number of nitrogens with one attached hydrogen (secondary N) is 1. The third kappa shape index (κ3) is 2.74. The summed E-state index contributed by atoms with van der Waals surface area (Å²) in [6.45, 7) is 6.19. The predicted molar refractivity (Wildman–Crippen MR) is 72.3 cm³/mol. The lowest BCUT2D eigenvalue weighted by molar-refractivity contribution is 0.890. The number of aryl methyl sites for hydroxylation is 2. The quantitative estimate of drug-likeness (QED) is 0.876. The van der Waals surface area contributed by atoms with Gasteiger partial charge in [0.05, 0.1) is 6.04 Å². The zero-order chi connectivity index (χ0) is 12.4. The molecule has 0 fully saturated rings. The van der Waals surface area contributed by atoms with Crippen molar-refractivity contribution in [3.8, 4) is 0 Å². The van der Waals surface area contributed by atoms with Crippen molar-refractivity contribution in [3.05, 3.63) is 33.6 Å². The summed E-state index contributed by atoms with van der Waals surface area (Å²) < 4.78 is 0. The lowest BCUT2D eigenvalue weighted by Crippen LogP contribution is -2.09. The van der Waals surface area contributed by atoms with Gasteiger partial charge in [0, 0.05) is 21.5 Å². The topological polar surface area (TPSA) is 63.8 Å². The van der Waals surface area contributed by atoms with Gasteiger partial charge in [0.15, 0.2) is 0 Å². The van der Waals surface area contributed by atoms with Gasteiger partial charge in [0.1, 0.15) is 5.82 Å². The highest BCUT2D eigenvalue weighted by atomic mass is 32.1. The molecule has 2 rings (SSSR count). The minimum absolute atomic E-state index is 0.224. The number of thiophene rings is 1. The van der Waals surface area contributed by atoms with Crippen LogP contribution in [0.5, 0.6) is 0 Å². The van der Waals surface area contributed by atoms with E-state index in [2.05, 4.69) is 41.3 Å². The molecular formula is C12H16N4S. The minimum Gasteiger partial charge on any atom is -0.368 e. The molecule has 3 N–H and O–H groups in total. The molecule has 2 heterocycles. The van der Waals surface area contributed by atoms with Gasteiger partial charge in [-0.3, -0.25) is 0 Å². The number of nitrogens with two attached hydrogens (primary N) is 1. The van der Waals surface area contributed by atoms with Gasteiger partial charge in [-0.2, -0.15) is 4.98 Å².